The minimum Gasteiger partial charge on any atom is -0.327 e. The third-order valence-electron chi connectivity index (χ3n) is 4.65. The van der Waals surface area contributed by atoms with Gasteiger partial charge in [-0.3, -0.25) is 4.79 Å². The van der Waals surface area contributed by atoms with E-state index in [1.807, 2.05) is 30.5 Å². The maximum absolute atomic E-state index is 13.1. The van der Waals surface area contributed by atoms with E-state index in [2.05, 4.69) is 19.6 Å². The topological polar surface area (TPSA) is 80.0 Å². The van der Waals surface area contributed by atoms with Crippen LogP contribution in [0.15, 0.2) is 24.3 Å². The molecule has 1 aliphatic heterocycles. The highest BCUT2D eigenvalue weighted by Crippen LogP contribution is 2.30. The van der Waals surface area contributed by atoms with Gasteiger partial charge in [-0.05, 0) is 56.8 Å². The van der Waals surface area contributed by atoms with Crippen LogP contribution >= 0.6 is 11.5 Å². The minimum absolute atomic E-state index is 0.146. The number of carbonyl (C=O) groups excluding carboxylic acids is 1. The van der Waals surface area contributed by atoms with Gasteiger partial charge in [-0.15, -0.1) is 10.2 Å². The van der Waals surface area contributed by atoms with Gasteiger partial charge in [-0.1, -0.05) is 0 Å². The van der Waals surface area contributed by atoms with Crippen molar-refractivity contribution < 1.29 is 9.18 Å². The van der Waals surface area contributed by atoms with Gasteiger partial charge >= 0.3 is 0 Å². The minimum atomic E-state index is -0.363. The standard InChI is InChI=1S/C18H20FN7OS/c1-11-15-21-22-16(17-20-14(23-28-17)10-24(2)3)26(15)9-8-25(11)18(27)12-4-6-13(19)7-5-12/h4-7,11H,8-10H2,1-3H3. The van der Waals surface area contributed by atoms with Crippen LogP contribution in [0.2, 0.25) is 0 Å². The van der Waals surface area contributed by atoms with Crippen molar-refractivity contribution in [1.82, 2.24) is 33.9 Å². The Morgan fingerprint density at radius 2 is 2.00 bits per heavy atom. The molecule has 28 heavy (non-hydrogen) atoms. The average molecular weight is 401 g/mol. The van der Waals surface area contributed by atoms with E-state index in [0.29, 0.717) is 36.8 Å². The third kappa shape index (κ3) is 3.40. The Morgan fingerprint density at radius 1 is 1.25 bits per heavy atom. The number of aromatic nitrogens is 5. The van der Waals surface area contributed by atoms with Gasteiger partial charge in [0.25, 0.3) is 5.91 Å². The quantitative estimate of drug-likeness (QED) is 0.667. The molecule has 8 nitrogen and oxygen atoms in total. The van der Waals surface area contributed by atoms with Crippen LogP contribution in [0.4, 0.5) is 4.39 Å². The molecule has 0 N–H and O–H groups in total. The van der Waals surface area contributed by atoms with Crippen LogP contribution in [0.1, 0.15) is 35.0 Å². The van der Waals surface area contributed by atoms with Gasteiger partial charge in [0.1, 0.15) is 5.82 Å². The zero-order chi connectivity index (χ0) is 19.8. The molecule has 3 aromatic rings. The average Bonchev–Trinajstić information content (AvgIpc) is 3.28. The number of carbonyl (C=O) groups is 1. The highest BCUT2D eigenvalue weighted by atomic mass is 32.1. The lowest BCUT2D eigenvalue weighted by molar-refractivity contribution is 0.0638. The zero-order valence-electron chi connectivity index (χ0n) is 15.8. The molecule has 0 bridgehead atoms. The SMILES string of the molecule is CC1c2nnc(-c3nc(CN(C)C)ns3)n2CCN1C(=O)c1ccc(F)cc1. The molecule has 10 heteroatoms. The Labute approximate surface area is 165 Å². The number of benzene rings is 1. The molecule has 4 rings (SSSR count). The number of rotatable bonds is 4. The summed E-state index contributed by atoms with van der Waals surface area (Å²) < 4.78 is 19.5. The van der Waals surface area contributed by atoms with Crippen LogP contribution in [0.5, 0.6) is 0 Å². The zero-order valence-corrected chi connectivity index (χ0v) is 16.6. The van der Waals surface area contributed by atoms with Crippen molar-refractivity contribution in [1.29, 1.82) is 0 Å². The molecule has 0 saturated heterocycles. The first-order valence-electron chi connectivity index (χ1n) is 8.91. The molecule has 0 fully saturated rings. The first kappa shape index (κ1) is 18.6. The second-order valence-corrected chi connectivity index (χ2v) is 7.72. The number of fused-ring (bicyclic) bond motifs is 1. The molecule has 1 atom stereocenters. The van der Waals surface area contributed by atoms with Crippen LogP contribution in [0.25, 0.3) is 10.8 Å². The monoisotopic (exact) mass is 401 g/mol. The Bertz CT molecular complexity index is 998. The van der Waals surface area contributed by atoms with Crippen LogP contribution in [-0.4, -0.2) is 60.5 Å². The molecule has 0 aliphatic carbocycles. The Morgan fingerprint density at radius 3 is 2.71 bits per heavy atom. The lowest BCUT2D eigenvalue weighted by Crippen LogP contribution is -2.41. The highest BCUT2D eigenvalue weighted by Gasteiger charge is 2.32. The summed E-state index contributed by atoms with van der Waals surface area (Å²) in [7, 11) is 3.93. The summed E-state index contributed by atoms with van der Waals surface area (Å²) in [5.41, 5.74) is 0.457. The number of hydrogen-bond donors (Lipinski definition) is 0. The van der Waals surface area contributed by atoms with E-state index in [1.54, 1.807) is 4.90 Å². The van der Waals surface area contributed by atoms with Crippen LogP contribution in [-0.2, 0) is 13.1 Å². The number of halogens is 1. The predicted octanol–water partition coefficient (Wildman–Crippen LogP) is 2.21. The molecular formula is C18H20FN7OS. The van der Waals surface area contributed by atoms with Gasteiger partial charge in [0.15, 0.2) is 22.5 Å². The van der Waals surface area contributed by atoms with Gasteiger partial charge in [0.2, 0.25) is 0 Å². The van der Waals surface area contributed by atoms with E-state index in [-0.39, 0.29) is 17.8 Å². The van der Waals surface area contributed by atoms with E-state index < -0.39 is 0 Å². The second-order valence-electron chi connectivity index (χ2n) is 6.97. The molecule has 1 aromatic carbocycles. The maximum atomic E-state index is 13.1. The molecule has 0 saturated carbocycles. The van der Waals surface area contributed by atoms with E-state index >= 15 is 0 Å². The van der Waals surface area contributed by atoms with Crippen LogP contribution < -0.4 is 0 Å². The van der Waals surface area contributed by atoms with Gasteiger partial charge < -0.3 is 14.4 Å². The first-order chi connectivity index (χ1) is 13.4. The van der Waals surface area contributed by atoms with Gasteiger partial charge in [-0.25, -0.2) is 9.37 Å². The molecule has 1 amide bonds. The first-order valence-corrected chi connectivity index (χ1v) is 9.68. The van der Waals surface area contributed by atoms with E-state index in [0.717, 1.165) is 10.8 Å². The van der Waals surface area contributed by atoms with Crippen molar-refractivity contribution in [3.8, 4) is 10.8 Å². The van der Waals surface area contributed by atoms with Crippen molar-refractivity contribution in [2.75, 3.05) is 20.6 Å². The fourth-order valence-electron chi connectivity index (χ4n) is 3.27. The Kier molecular flexibility index (Phi) is 4.90. The number of hydrogen-bond acceptors (Lipinski definition) is 7. The van der Waals surface area contributed by atoms with Crippen molar-refractivity contribution in [2.24, 2.45) is 0 Å². The van der Waals surface area contributed by atoms with E-state index in [4.69, 9.17) is 0 Å². The van der Waals surface area contributed by atoms with Gasteiger partial charge in [0, 0.05) is 18.7 Å². The van der Waals surface area contributed by atoms with Crippen molar-refractivity contribution in [3.63, 3.8) is 0 Å². The summed E-state index contributed by atoms with van der Waals surface area (Å²) in [6, 6.07) is 5.35. The Hall–Kier alpha value is -2.72. The normalized spacial score (nSPS) is 16.5. The van der Waals surface area contributed by atoms with Crippen molar-refractivity contribution in [3.05, 3.63) is 47.3 Å². The summed E-state index contributed by atoms with van der Waals surface area (Å²) in [5, 5.41) is 9.34. The molecule has 0 radical (unpaired) electrons. The lowest BCUT2D eigenvalue weighted by Gasteiger charge is -2.33. The Balaban J connectivity index is 1.58. The fraction of sp³-hybridized carbons (Fsp3) is 0.389. The van der Waals surface area contributed by atoms with Crippen LogP contribution in [0.3, 0.4) is 0 Å². The third-order valence-corrected chi connectivity index (χ3v) is 5.40. The molecule has 146 valence electrons. The lowest BCUT2D eigenvalue weighted by atomic mass is 10.1. The summed E-state index contributed by atoms with van der Waals surface area (Å²) in [5.74, 6) is 1.63. The molecular weight excluding hydrogens is 381 g/mol. The molecule has 2 aromatic heterocycles. The predicted molar refractivity (Wildman–Crippen MR) is 102 cm³/mol. The molecule has 3 heterocycles. The smallest absolute Gasteiger partial charge is 0.254 e. The number of amides is 1. The molecule has 0 spiro atoms. The molecule has 1 aliphatic rings. The molecule has 1 unspecified atom stereocenters. The maximum Gasteiger partial charge on any atom is 0.254 e. The summed E-state index contributed by atoms with van der Waals surface area (Å²) in [6.07, 6.45) is 0. The summed E-state index contributed by atoms with van der Waals surface area (Å²) >= 11 is 1.30. The summed E-state index contributed by atoms with van der Waals surface area (Å²) in [4.78, 5) is 21.1. The van der Waals surface area contributed by atoms with E-state index in [1.165, 1.54) is 35.8 Å². The largest absolute Gasteiger partial charge is 0.327 e. The van der Waals surface area contributed by atoms with Crippen molar-refractivity contribution in [2.45, 2.75) is 26.1 Å². The second kappa shape index (κ2) is 7.36. The highest BCUT2D eigenvalue weighted by molar-refractivity contribution is 7.09. The summed E-state index contributed by atoms with van der Waals surface area (Å²) in [6.45, 7) is 3.66. The van der Waals surface area contributed by atoms with Crippen LogP contribution in [0, 0.1) is 5.82 Å². The number of nitrogens with zero attached hydrogens (tertiary/aromatic N) is 7. The fourth-order valence-corrected chi connectivity index (χ4v) is 3.94. The van der Waals surface area contributed by atoms with E-state index in [9.17, 15) is 9.18 Å². The van der Waals surface area contributed by atoms with Gasteiger partial charge in [-0.2, -0.15) is 4.37 Å². The van der Waals surface area contributed by atoms with Gasteiger partial charge in [0.05, 0.1) is 12.6 Å². The van der Waals surface area contributed by atoms with Crippen molar-refractivity contribution >= 4 is 17.4 Å².